The van der Waals surface area contributed by atoms with Gasteiger partial charge in [-0.1, -0.05) is 15.6 Å². The van der Waals surface area contributed by atoms with Gasteiger partial charge in [-0.2, -0.15) is 8.42 Å². The topological polar surface area (TPSA) is 159 Å². The van der Waals surface area contributed by atoms with Gasteiger partial charge in [0.1, 0.15) is 0 Å². The minimum absolute atomic E-state index is 0.123. The fourth-order valence-electron chi connectivity index (χ4n) is 11.5. The van der Waals surface area contributed by atoms with E-state index in [0.29, 0.717) is 19.6 Å². The van der Waals surface area contributed by atoms with Crippen LogP contribution in [0.1, 0.15) is 94.1 Å². The van der Waals surface area contributed by atoms with Crippen molar-refractivity contribution in [2.75, 3.05) is 6.61 Å². The Balaban J connectivity index is 0.936. The summed E-state index contributed by atoms with van der Waals surface area (Å²) >= 11 is 0. The molecule has 8 aliphatic rings. The molecule has 3 aromatic heterocycles. The second-order valence-corrected chi connectivity index (χ2v) is 17.1. The predicted molar refractivity (Wildman–Crippen MR) is 163 cm³/mol. The molecular weight excluding hydrogens is 608 g/mol. The lowest BCUT2D eigenvalue weighted by Gasteiger charge is -2.56. The molecule has 0 amide bonds. The van der Waals surface area contributed by atoms with Gasteiger partial charge >= 0.3 is 10.4 Å². The second kappa shape index (κ2) is 10.9. The van der Waals surface area contributed by atoms with Gasteiger partial charge in [-0.05, 0) is 113 Å². The monoisotopic (exact) mass is 652 g/mol. The highest BCUT2D eigenvalue weighted by Gasteiger charge is 2.53. The fourth-order valence-corrected chi connectivity index (χ4v) is 11.8. The minimum Gasteiger partial charge on any atom is -0.285 e. The van der Waals surface area contributed by atoms with E-state index < -0.39 is 10.4 Å². The summed E-state index contributed by atoms with van der Waals surface area (Å²) in [5.74, 6) is 4.99. The molecule has 8 saturated carbocycles. The molecule has 0 spiro atoms. The predicted octanol–water partition coefficient (Wildman–Crippen LogP) is 3.33. The molecule has 15 heteroatoms. The lowest BCUT2D eigenvalue weighted by Crippen LogP contribution is -2.52. The Morgan fingerprint density at radius 3 is 1.48 bits per heavy atom. The van der Waals surface area contributed by atoms with Crippen LogP contribution in [0.4, 0.5) is 0 Å². The normalized spacial score (nSPS) is 36.0. The zero-order chi connectivity index (χ0) is 31.1. The van der Waals surface area contributed by atoms with Crippen molar-refractivity contribution in [2.45, 2.75) is 114 Å². The summed E-state index contributed by atoms with van der Waals surface area (Å²) in [6.07, 6.45) is 21.8. The number of rotatable bonds is 12. The van der Waals surface area contributed by atoms with Crippen molar-refractivity contribution in [3.63, 3.8) is 0 Å². The first-order valence-corrected chi connectivity index (χ1v) is 18.6. The summed E-state index contributed by atoms with van der Waals surface area (Å²) in [5.41, 5.74) is 2.83. The smallest absolute Gasteiger partial charge is 0.285 e. The van der Waals surface area contributed by atoms with Crippen molar-refractivity contribution in [1.29, 1.82) is 0 Å². The van der Waals surface area contributed by atoms with Crippen LogP contribution >= 0.6 is 0 Å². The summed E-state index contributed by atoms with van der Waals surface area (Å²) < 4.78 is 41.1. The van der Waals surface area contributed by atoms with Gasteiger partial charge in [0.2, 0.25) is 0 Å². The van der Waals surface area contributed by atoms with Gasteiger partial charge in [-0.25, -0.2) is 18.2 Å². The summed E-state index contributed by atoms with van der Waals surface area (Å²) in [5, 5.41) is 27.3. The average Bonchev–Trinajstić information content (AvgIpc) is 3.73. The van der Waals surface area contributed by atoms with Crippen LogP contribution < -0.4 is 0 Å². The third kappa shape index (κ3) is 5.60. The Morgan fingerprint density at radius 2 is 1.07 bits per heavy atom. The van der Waals surface area contributed by atoms with Gasteiger partial charge < -0.3 is 0 Å². The third-order valence-corrected chi connectivity index (χ3v) is 12.8. The first-order valence-electron chi connectivity index (χ1n) is 17.2. The second-order valence-electron chi connectivity index (χ2n) is 16.0. The summed E-state index contributed by atoms with van der Waals surface area (Å²) in [6.45, 7) is 1.57. The molecule has 3 aromatic rings. The minimum atomic E-state index is -4.50. The van der Waals surface area contributed by atoms with Crippen molar-refractivity contribution in [1.82, 2.24) is 49.9 Å². The zero-order valence-corrected chi connectivity index (χ0v) is 27.1. The summed E-state index contributed by atoms with van der Waals surface area (Å²) in [6, 6.07) is 0. The fraction of sp³-hybridized carbons (Fsp3) is 0.806. The Kier molecular flexibility index (Phi) is 6.96. The van der Waals surface area contributed by atoms with Gasteiger partial charge in [0, 0.05) is 25.8 Å². The molecule has 0 aromatic carbocycles. The van der Waals surface area contributed by atoms with Crippen molar-refractivity contribution in [3.05, 3.63) is 35.7 Å². The van der Waals surface area contributed by atoms with Crippen molar-refractivity contribution in [3.8, 4) is 0 Å². The Bertz CT molecular complexity index is 1540. The van der Waals surface area contributed by atoms with Crippen LogP contribution in [0, 0.1) is 35.5 Å². The molecule has 248 valence electrons. The molecule has 0 radical (unpaired) electrons. The van der Waals surface area contributed by atoms with Gasteiger partial charge in [-0.3, -0.25) is 9.45 Å². The molecule has 0 saturated heterocycles. The highest BCUT2D eigenvalue weighted by molar-refractivity contribution is 7.80. The van der Waals surface area contributed by atoms with E-state index in [4.69, 9.17) is 15.0 Å². The maximum absolute atomic E-state index is 10.9. The lowest BCUT2D eigenvalue weighted by molar-refractivity contribution is -0.0503. The Labute approximate surface area is 269 Å². The maximum atomic E-state index is 10.9. The van der Waals surface area contributed by atoms with Crippen LogP contribution in [0.15, 0.2) is 18.6 Å². The van der Waals surface area contributed by atoms with Crippen LogP contribution in [0.3, 0.4) is 0 Å². The van der Waals surface area contributed by atoms with Crippen molar-refractivity contribution >= 4 is 10.4 Å². The lowest BCUT2D eigenvalue weighted by atomic mass is 9.53. The van der Waals surface area contributed by atoms with Crippen molar-refractivity contribution in [2.24, 2.45) is 35.5 Å². The first-order chi connectivity index (χ1) is 22.2. The van der Waals surface area contributed by atoms with E-state index in [0.717, 1.165) is 52.6 Å². The number of hydrogen-bond acceptors (Lipinski definition) is 10. The molecular formula is C31H44N10O4S. The summed E-state index contributed by atoms with van der Waals surface area (Å²) in [4.78, 5) is 2.26. The quantitative estimate of drug-likeness (QED) is 0.286. The van der Waals surface area contributed by atoms with E-state index in [9.17, 15) is 8.42 Å². The Morgan fingerprint density at radius 1 is 0.674 bits per heavy atom. The maximum Gasteiger partial charge on any atom is 0.397 e. The highest BCUT2D eigenvalue weighted by atomic mass is 32.3. The van der Waals surface area contributed by atoms with Crippen LogP contribution in [-0.4, -0.2) is 69.5 Å². The molecule has 8 bridgehead atoms. The molecule has 8 fully saturated rings. The Hall–Kier alpha value is -2.75. The molecule has 46 heavy (non-hydrogen) atoms. The van der Waals surface area contributed by atoms with E-state index in [2.05, 4.69) is 51.3 Å². The van der Waals surface area contributed by atoms with Gasteiger partial charge in [-0.15, -0.1) is 15.3 Å². The SMILES string of the molecule is O=S(=O)(O)OCCn1cc(CN(Cc2cn(C34CC5CC(CC(C5)C3)C4)nn2)Cc2cn(C34CC5CC(CC(C5)C3)C4)nn2)nn1. The van der Waals surface area contributed by atoms with E-state index >= 15 is 0 Å². The third-order valence-electron chi connectivity index (χ3n) is 12.4. The van der Waals surface area contributed by atoms with Crippen LogP contribution in [-0.2, 0) is 51.8 Å². The average molecular weight is 653 g/mol. The highest BCUT2D eigenvalue weighted by Crippen LogP contribution is 2.59. The van der Waals surface area contributed by atoms with Crippen LogP contribution in [0.25, 0.3) is 0 Å². The van der Waals surface area contributed by atoms with E-state index in [1.807, 2.05) is 0 Å². The molecule has 0 unspecified atom stereocenters. The molecule has 3 heterocycles. The largest absolute Gasteiger partial charge is 0.397 e. The number of nitrogens with zero attached hydrogens (tertiary/aromatic N) is 10. The zero-order valence-electron chi connectivity index (χ0n) is 26.3. The van der Waals surface area contributed by atoms with Crippen molar-refractivity contribution < 1.29 is 17.2 Å². The van der Waals surface area contributed by atoms with E-state index in [1.54, 1.807) is 6.20 Å². The molecule has 0 aliphatic heterocycles. The van der Waals surface area contributed by atoms with E-state index in [1.165, 1.54) is 81.7 Å². The molecule has 11 rings (SSSR count). The number of aromatic nitrogens is 9. The standard InChI is InChI=1S/C31H44N10O4S/c42-46(43,44)45-2-1-39-18-27(32-35-39)15-38(16-28-19-40(36-33-28)30-9-21-3-22(10-30)5-23(4-21)11-30)17-29-20-41(37-34-29)31-12-24-6-25(13-31)8-26(7-24)14-31/h18-26H,1-17H2,(H,42,43,44). The van der Waals surface area contributed by atoms with E-state index in [-0.39, 0.29) is 24.2 Å². The molecule has 0 atom stereocenters. The van der Waals surface area contributed by atoms with Gasteiger partial charge in [0.05, 0.1) is 53.7 Å². The molecule has 1 N–H and O–H groups in total. The number of hydrogen-bond donors (Lipinski definition) is 1. The molecule has 8 aliphatic carbocycles. The van der Waals surface area contributed by atoms with Gasteiger partial charge in [0.25, 0.3) is 0 Å². The summed E-state index contributed by atoms with van der Waals surface area (Å²) in [7, 11) is -4.50. The van der Waals surface area contributed by atoms with Gasteiger partial charge in [0.15, 0.2) is 0 Å². The van der Waals surface area contributed by atoms with Crippen LogP contribution in [0.5, 0.6) is 0 Å². The van der Waals surface area contributed by atoms with Crippen LogP contribution in [0.2, 0.25) is 0 Å². The first kappa shape index (κ1) is 29.4. The molecule has 14 nitrogen and oxygen atoms in total.